The summed E-state index contributed by atoms with van der Waals surface area (Å²) in [4.78, 5) is 16.1. The lowest BCUT2D eigenvalue weighted by Gasteiger charge is -2.12. The van der Waals surface area contributed by atoms with Crippen molar-refractivity contribution in [2.24, 2.45) is 0 Å². The molecule has 2 aromatic rings. The van der Waals surface area contributed by atoms with Crippen molar-refractivity contribution in [3.05, 3.63) is 24.1 Å². The number of rotatable bonds is 2. The minimum absolute atomic E-state index is 0.147. The van der Waals surface area contributed by atoms with Crippen LogP contribution < -0.4 is 10.6 Å². The molecule has 0 bridgehead atoms. The maximum absolute atomic E-state index is 11.8. The zero-order chi connectivity index (χ0) is 13.2. The topological polar surface area (TPSA) is 67.2 Å². The molecule has 1 aromatic heterocycles. The zero-order valence-corrected chi connectivity index (χ0v) is 10.9. The van der Waals surface area contributed by atoms with E-state index in [0.717, 1.165) is 29.6 Å². The van der Waals surface area contributed by atoms with Crippen LogP contribution in [0.15, 0.2) is 22.6 Å². The molecule has 1 saturated carbocycles. The van der Waals surface area contributed by atoms with Gasteiger partial charge >= 0.3 is 6.03 Å². The van der Waals surface area contributed by atoms with Crippen LogP contribution in [0.1, 0.15) is 31.6 Å². The summed E-state index contributed by atoms with van der Waals surface area (Å²) in [5, 5.41) is 5.83. The summed E-state index contributed by atoms with van der Waals surface area (Å²) in [5.41, 5.74) is 2.23. The number of carbonyl (C=O) groups excluding carboxylic acids is 1. The first-order chi connectivity index (χ1) is 9.20. The first-order valence-corrected chi connectivity index (χ1v) is 6.65. The number of benzene rings is 1. The second-order valence-electron chi connectivity index (χ2n) is 5.00. The normalized spacial score (nSPS) is 15.8. The largest absolute Gasteiger partial charge is 0.441 e. The fourth-order valence-corrected chi connectivity index (χ4v) is 2.54. The quantitative estimate of drug-likeness (QED) is 0.870. The maximum atomic E-state index is 11.8. The van der Waals surface area contributed by atoms with Gasteiger partial charge < -0.3 is 15.1 Å². The molecule has 3 rings (SSSR count). The number of hydrogen-bond donors (Lipinski definition) is 2. The van der Waals surface area contributed by atoms with E-state index in [1.165, 1.54) is 12.8 Å². The minimum atomic E-state index is -0.147. The average Bonchev–Trinajstić information content (AvgIpc) is 2.96. The van der Waals surface area contributed by atoms with Crippen molar-refractivity contribution in [2.75, 3.05) is 5.32 Å². The molecule has 100 valence electrons. The number of hydrogen-bond acceptors (Lipinski definition) is 3. The third-order valence-electron chi connectivity index (χ3n) is 3.44. The lowest BCUT2D eigenvalue weighted by Crippen LogP contribution is -2.36. The van der Waals surface area contributed by atoms with Gasteiger partial charge in [-0.3, -0.25) is 0 Å². The number of nitrogens with one attached hydrogen (secondary N) is 2. The van der Waals surface area contributed by atoms with Gasteiger partial charge in [-0.25, -0.2) is 9.78 Å². The van der Waals surface area contributed by atoms with E-state index in [9.17, 15) is 4.79 Å². The second-order valence-corrected chi connectivity index (χ2v) is 5.00. The van der Waals surface area contributed by atoms with Crippen molar-refractivity contribution in [1.82, 2.24) is 10.3 Å². The van der Waals surface area contributed by atoms with Crippen molar-refractivity contribution in [1.29, 1.82) is 0 Å². The van der Waals surface area contributed by atoms with Gasteiger partial charge in [0.15, 0.2) is 11.5 Å². The molecule has 5 nitrogen and oxygen atoms in total. The highest BCUT2D eigenvalue weighted by Crippen LogP contribution is 2.20. The molecule has 1 aromatic carbocycles. The van der Waals surface area contributed by atoms with E-state index in [4.69, 9.17) is 4.42 Å². The van der Waals surface area contributed by atoms with Crippen LogP contribution in [0.4, 0.5) is 10.5 Å². The Labute approximate surface area is 111 Å². The van der Waals surface area contributed by atoms with Gasteiger partial charge in [-0.05, 0) is 31.0 Å². The molecule has 1 heterocycles. The number of anilines is 1. The van der Waals surface area contributed by atoms with Gasteiger partial charge in [0.1, 0.15) is 5.52 Å². The van der Waals surface area contributed by atoms with Gasteiger partial charge in [0.25, 0.3) is 0 Å². The van der Waals surface area contributed by atoms with E-state index in [0.29, 0.717) is 11.9 Å². The molecule has 2 N–H and O–H groups in total. The fraction of sp³-hybridized carbons (Fsp3) is 0.429. The summed E-state index contributed by atoms with van der Waals surface area (Å²) in [6.07, 6.45) is 4.56. The summed E-state index contributed by atoms with van der Waals surface area (Å²) < 4.78 is 5.40. The molecule has 0 aliphatic heterocycles. The number of oxazole rings is 1. The molecule has 0 atom stereocenters. The number of aromatic nitrogens is 1. The van der Waals surface area contributed by atoms with Crippen molar-refractivity contribution in [2.45, 2.75) is 38.6 Å². The lowest BCUT2D eigenvalue weighted by molar-refractivity contribution is 0.248. The predicted molar refractivity (Wildman–Crippen MR) is 73.2 cm³/mol. The van der Waals surface area contributed by atoms with Crippen LogP contribution in [0.25, 0.3) is 11.1 Å². The Morgan fingerprint density at radius 3 is 2.95 bits per heavy atom. The Bertz CT molecular complexity index is 600. The number of aryl methyl sites for hydroxylation is 1. The average molecular weight is 259 g/mol. The van der Waals surface area contributed by atoms with Crippen LogP contribution in [0.2, 0.25) is 0 Å². The van der Waals surface area contributed by atoms with Crippen LogP contribution in [0.5, 0.6) is 0 Å². The highest BCUT2D eigenvalue weighted by atomic mass is 16.3. The Morgan fingerprint density at radius 2 is 2.16 bits per heavy atom. The SMILES string of the molecule is Cc1nc2cc(NC(=O)NC3CCCC3)ccc2o1. The van der Waals surface area contributed by atoms with E-state index in [1.54, 1.807) is 6.92 Å². The van der Waals surface area contributed by atoms with Crippen molar-refractivity contribution < 1.29 is 9.21 Å². The van der Waals surface area contributed by atoms with Crippen LogP contribution in [-0.4, -0.2) is 17.1 Å². The lowest BCUT2D eigenvalue weighted by atomic mass is 10.2. The number of fused-ring (bicyclic) bond motifs is 1. The molecule has 0 radical (unpaired) electrons. The molecule has 19 heavy (non-hydrogen) atoms. The molecule has 1 aliphatic rings. The van der Waals surface area contributed by atoms with E-state index < -0.39 is 0 Å². The molecule has 2 amide bonds. The summed E-state index contributed by atoms with van der Waals surface area (Å²) in [6, 6.07) is 5.63. The molecule has 1 aliphatic carbocycles. The molecule has 0 unspecified atom stereocenters. The molecule has 5 heteroatoms. The third kappa shape index (κ3) is 2.70. The number of carbonyl (C=O) groups is 1. The van der Waals surface area contributed by atoms with Gasteiger partial charge in [-0.15, -0.1) is 0 Å². The zero-order valence-electron chi connectivity index (χ0n) is 10.9. The first-order valence-electron chi connectivity index (χ1n) is 6.65. The van der Waals surface area contributed by atoms with E-state index in [2.05, 4.69) is 15.6 Å². The Morgan fingerprint density at radius 1 is 1.37 bits per heavy atom. The number of nitrogens with zero attached hydrogens (tertiary/aromatic N) is 1. The summed E-state index contributed by atoms with van der Waals surface area (Å²) in [7, 11) is 0. The van der Waals surface area contributed by atoms with Crippen molar-refractivity contribution in [3.8, 4) is 0 Å². The molecule has 0 spiro atoms. The number of urea groups is 1. The van der Waals surface area contributed by atoms with E-state index in [-0.39, 0.29) is 6.03 Å². The molecule has 0 saturated heterocycles. The Balaban J connectivity index is 1.68. The van der Waals surface area contributed by atoms with Crippen LogP contribution in [0, 0.1) is 6.92 Å². The summed E-state index contributed by atoms with van der Waals surface area (Å²) >= 11 is 0. The van der Waals surface area contributed by atoms with Gasteiger partial charge in [-0.1, -0.05) is 12.8 Å². The van der Waals surface area contributed by atoms with Gasteiger partial charge in [-0.2, -0.15) is 0 Å². The standard InChI is InChI=1S/C14H17N3O2/c1-9-15-12-8-11(6-7-13(12)19-9)17-14(18)16-10-4-2-3-5-10/h6-8,10H,2-5H2,1H3,(H2,16,17,18). The number of amides is 2. The van der Waals surface area contributed by atoms with E-state index >= 15 is 0 Å². The van der Waals surface area contributed by atoms with E-state index in [1.807, 2.05) is 18.2 Å². The predicted octanol–water partition coefficient (Wildman–Crippen LogP) is 3.20. The van der Waals surface area contributed by atoms with Crippen molar-refractivity contribution in [3.63, 3.8) is 0 Å². The van der Waals surface area contributed by atoms with Gasteiger partial charge in [0.2, 0.25) is 0 Å². The third-order valence-corrected chi connectivity index (χ3v) is 3.44. The summed E-state index contributed by atoms with van der Waals surface area (Å²) in [6.45, 7) is 1.81. The highest BCUT2D eigenvalue weighted by molar-refractivity contribution is 5.91. The highest BCUT2D eigenvalue weighted by Gasteiger charge is 2.17. The van der Waals surface area contributed by atoms with Crippen LogP contribution in [0.3, 0.4) is 0 Å². The fourth-order valence-electron chi connectivity index (χ4n) is 2.54. The molecule has 1 fully saturated rings. The summed E-state index contributed by atoms with van der Waals surface area (Å²) in [5.74, 6) is 0.627. The first kappa shape index (κ1) is 12.0. The van der Waals surface area contributed by atoms with Crippen molar-refractivity contribution >= 4 is 22.8 Å². The molecular weight excluding hydrogens is 242 g/mol. The smallest absolute Gasteiger partial charge is 0.319 e. The Hall–Kier alpha value is -2.04. The minimum Gasteiger partial charge on any atom is -0.441 e. The second kappa shape index (κ2) is 4.91. The monoisotopic (exact) mass is 259 g/mol. The van der Waals surface area contributed by atoms with Gasteiger partial charge in [0.05, 0.1) is 0 Å². The molecular formula is C14H17N3O2. The maximum Gasteiger partial charge on any atom is 0.319 e. The Kier molecular flexibility index (Phi) is 3.11. The van der Waals surface area contributed by atoms with Crippen LogP contribution >= 0.6 is 0 Å². The van der Waals surface area contributed by atoms with Gasteiger partial charge in [0, 0.05) is 18.7 Å². The van der Waals surface area contributed by atoms with Crippen LogP contribution in [-0.2, 0) is 0 Å².